The van der Waals surface area contributed by atoms with Crippen LogP contribution in [0.25, 0.3) is 48.6 Å². The Bertz CT molecular complexity index is 1970. The van der Waals surface area contributed by atoms with Gasteiger partial charge in [0.25, 0.3) is 5.70 Å². The molecule has 0 atom stereocenters. The lowest BCUT2D eigenvalue weighted by Gasteiger charge is -2.16. The molecular weight excluding hydrogens is 528 g/mol. The highest BCUT2D eigenvalue weighted by molar-refractivity contribution is 6.08. The Balaban J connectivity index is 1.91. The first kappa shape index (κ1) is 26.9. The van der Waals surface area contributed by atoms with Crippen LogP contribution in [0.4, 0.5) is 23.2 Å². The van der Waals surface area contributed by atoms with Crippen LogP contribution in [0.1, 0.15) is 33.4 Å². The number of benzene rings is 4. The first-order valence-electron chi connectivity index (χ1n) is 12.1. The van der Waals surface area contributed by atoms with E-state index in [2.05, 4.69) is 15.8 Å². The van der Waals surface area contributed by atoms with Crippen molar-refractivity contribution in [2.75, 3.05) is 0 Å². The van der Waals surface area contributed by atoms with E-state index >= 15 is 4.39 Å². The Hall–Kier alpha value is -5.70. The van der Waals surface area contributed by atoms with Crippen LogP contribution in [0.15, 0.2) is 66.4 Å². The fraction of sp³-hybridized carbons (Fsp3) is 0.0909. The fourth-order valence-corrected chi connectivity index (χ4v) is 5.45. The maximum atomic E-state index is 15.0. The zero-order chi connectivity index (χ0) is 29.6. The number of aryl methyl sites for hydroxylation is 2. The Morgan fingerprint density at radius 1 is 0.780 bits per heavy atom. The molecule has 0 saturated heterocycles. The number of fused-ring (bicyclic) bond motifs is 3. The van der Waals surface area contributed by atoms with Gasteiger partial charge in [0.1, 0.15) is 5.82 Å². The van der Waals surface area contributed by atoms with Gasteiger partial charge in [-0.2, -0.15) is 18.4 Å². The average Bonchev–Trinajstić information content (AvgIpc) is 3.24. The summed E-state index contributed by atoms with van der Waals surface area (Å²) in [5.41, 5.74) is 2.09. The number of nitriles is 2. The summed E-state index contributed by atoms with van der Waals surface area (Å²) in [6, 6.07) is 18.2. The van der Waals surface area contributed by atoms with Crippen LogP contribution >= 0.6 is 0 Å². The standard InChI is InChI=1S/C33H16F4N4/c1-17-7-5-8-18(2)30(17)20-12-23-21(11-19(20)15-38)22-14-28(40-3)25(13-24(22)31(23)29(16-39)41-4)32-26(33(35,36)37)9-6-10-27(32)34/h5-14H,1-2H3/b31-29-. The summed E-state index contributed by atoms with van der Waals surface area (Å²) in [6.07, 6.45) is -4.91. The van der Waals surface area contributed by atoms with Gasteiger partial charge < -0.3 is 0 Å². The number of alkyl halides is 3. The van der Waals surface area contributed by atoms with Crippen LogP contribution in [-0.2, 0) is 6.18 Å². The molecule has 0 fully saturated rings. The van der Waals surface area contributed by atoms with Gasteiger partial charge in [-0.1, -0.05) is 30.3 Å². The van der Waals surface area contributed by atoms with Gasteiger partial charge in [-0.15, -0.1) is 0 Å². The quantitative estimate of drug-likeness (QED) is 0.126. The van der Waals surface area contributed by atoms with E-state index < -0.39 is 23.1 Å². The van der Waals surface area contributed by atoms with Gasteiger partial charge in [-0.3, -0.25) is 0 Å². The van der Waals surface area contributed by atoms with Crippen molar-refractivity contribution in [3.63, 3.8) is 0 Å². The van der Waals surface area contributed by atoms with Crippen LogP contribution in [0.3, 0.4) is 0 Å². The van der Waals surface area contributed by atoms with Gasteiger partial charge in [-0.25, -0.2) is 19.3 Å². The SMILES string of the molecule is [C-]#[N+]/C(C#N)=C1/c2cc(-c3c(C)cccc3C)c(C#N)cc2-c2cc([N+]#[C-])c(-c3c(F)cccc3C(F)(F)F)cc21. The zero-order valence-electron chi connectivity index (χ0n) is 21.6. The van der Waals surface area contributed by atoms with E-state index in [0.29, 0.717) is 27.8 Å². The first-order valence-corrected chi connectivity index (χ1v) is 12.1. The van der Waals surface area contributed by atoms with Gasteiger partial charge >= 0.3 is 6.18 Å². The van der Waals surface area contributed by atoms with Gasteiger partial charge in [0.15, 0.2) is 5.69 Å². The van der Waals surface area contributed by atoms with E-state index in [1.165, 1.54) is 12.1 Å². The minimum atomic E-state index is -4.91. The minimum absolute atomic E-state index is 0.146. The van der Waals surface area contributed by atoms with Crippen molar-refractivity contribution < 1.29 is 17.6 Å². The highest BCUT2D eigenvalue weighted by Gasteiger charge is 2.37. The van der Waals surface area contributed by atoms with E-state index in [1.54, 1.807) is 12.1 Å². The Morgan fingerprint density at radius 3 is 1.95 bits per heavy atom. The van der Waals surface area contributed by atoms with Crippen molar-refractivity contribution in [3.05, 3.63) is 128 Å². The smallest absolute Gasteiger partial charge is 0.237 e. The third kappa shape index (κ3) is 4.20. The molecule has 0 amide bonds. The number of halogens is 4. The molecule has 1 aliphatic carbocycles. The molecule has 4 nitrogen and oxygen atoms in total. The molecular formula is C33H16F4N4. The van der Waals surface area contributed by atoms with E-state index in [9.17, 15) is 23.7 Å². The number of hydrogen-bond donors (Lipinski definition) is 0. The molecule has 0 heterocycles. The number of hydrogen-bond acceptors (Lipinski definition) is 2. The van der Waals surface area contributed by atoms with Crippen LogP contribution in [0, 0.1) is 55.5 Å². The van der Waals surface area contributed by atoms with Crippen LogP contribution in [0.5, 0.6) is 0 Å². The van der Waals surface area contributed by atoms with Crippen LogP contribution < -0.4 is 0 Å². The maximum Gasteiger partial charge on any atom is 0.417 e. The summed E-state index contributed by atoms with van der Waals surface area (Å²) in [5.74, 6) is -1.17. The molecule has 0 unspecified atom stereocenters. The number of allylic oxidation sites excluding steroid dienone is 1. The lowest BCUT2D eigenvalue weighted by atomic mass is 9.88. The lowest BCUT2D eigenvalue weighted by Crippen LogP contribution is -2.08. The molecule has 0 N–H and O–H groups in total. The molecule has 4 aromatic carbocycles. The predicted octanol–water partition coefficient (Wildman–Crippen LogP) is 9.40. The highest BCUT2D eigenvalue weighted by atomic mass is 19.4. The van der Waals surface area contributed by atoms with Gasteiger partial charge in [0, 0.05) is 16.7 Å². The molecule has 0 spiro atoms. The van der Waals surface area contributed by atoms with E-state index in [4.69, 9.17) is 13.1 Å². The van der Waals surface area contributed by atoms with Crippen molar-refractivity contribution >= 4 is 11.3 Å². The molecule has 0 saturated carbocycles. The normalized spacial score (nSPS) is 12.8. The Kier molecular flexibility index (Phi) is 6.43. The number of rotatable bonds is 2. The van der Waals surface area contributed by atoms with Crippen LogP contribution in [-0.4, -0.2) is 0 Å². The average molecular weight is 545 g/mol. The van der Waals surface area contributed by atoms with Gasteiger partial charge in [0.05, 0.1) is 36.4 Å². The van der Waals surface area contributed by atoms with Crippen molar-refractivity contribution in [1.29, 1.82) is 10.5 Å². The molecule has 0 aliphatic heterocycles. The van der Waals surface area contributed by atoms with Crippen molar-refractivity contribution in [3.8, 4) is 45.5 Å². The number of nitrogens with zero attached hydrogens (tertiary/aromatic N) is 4. The highest BCUT2D eigenvalue weighted by Crippen LogP contribution is 2.53. The molecule has 1 aliphatic rings. The summed E-state index contributed by atoms with van der Waals surface area (Å²) >= 11 is 0. The summed E-state index contributed by atoms with van der Waals surface area (Å²) in [7, 11) is 0. The van der Waals surface area contributed by atoms with Gasteiger partial charge in [0.2, 0.25) is 0 Å². The third-order valence-electron chi connectivity index (χ3n) is 7.16. The minimum Gasteiger partial charge on any atom is -0.237 e. The second-order valence-corrected chi connectivity index (χ2v) is 9.46. The molecule has 0 aromatic heterocycles. The molecule has 4 aromatic rings. The first-order chi connectivity index (χ1) is 19.5. The summed E-state index contributed by atoms with van der Waals surface area (Å²) in [6.45, 7) is 19.1. The summed E-state index contributed by atoms with van der Waals surface area (Å²) in [4.78, 5) is 6.79. The Labute approximate surface area is 233 Å². The second kappa shape index (κ2) is 9.80. The van der Waals surface area contributed by atoms with Crippen molar-refractivity contribution in [2.45, 2.75) is 20.0 Å². The van der Waals surface area contributed by atoms with Crippen molar-refractivity contribution in [2.24, 2.45) is 0 Å². The molecule has 5 rings (SSSR count). The monoisotopic (exact) mass is 544 g/mol. The molecule has 0 radical (unpaired) electrons. The molecule has 41 heavy (non-hydrogen) atoms. The summed E-state index contributed by atoms with van der Waals surface area (Å²) in [5, 5.41) is 19.9. The maximum absolute atomic E-state index is 15.0. The van der Waals surface area contributed by atoms with E-state index in [1.807, 2.05) is 38.1 Å². The third-order valence-corrected chi connectivity index (χ3v) is 7.16. The van der Waals surface area contributed by atoms with Crippen molar-refractivity contribution in [1.82, 2.24) is 0 Å². The fourth-order valence-electron chi connectivity index (χ4n) is 5.45. The second-order valence-electron chi connectivity index (χ2n) is 9.46. The summed E-state index contributed by atoms with van der Waals surface area (Å²) < 4.78 is 56.9. The lowest BCUT2D eigenvalue weighted by molar-refractivity contribution is -0.137. The molecule has 0 bridgehead atoms. The molecule has 196 valence electrons. The van der Waals surface area contributed by atoms with Crippen LogP contribution in [0.2, 0.25) is 0 Å². The van der Waals surface area contributed by atoms with Gasteiger partial charge in [-0.05, 0) is 88.7 Å². The zero-order valence-corrected chi connectivity index (χ0v) is 21.6. The topological polar surface area (TPSA) is 56.3 Å². The largest absolute Gasteiger partial charge is 0.417 e. The van der Waals surface area contributed by atoms with E-state index in [0.717, 1.165) is 34.9 Å². The Morgan fingerprint density at radius 2 is 1.39 bits per heavy atom. The predicted molar refractivity (Wildman–Crippen MR) is 146 cm³/mol. The van der Waals surface area contributed by atoms with E-state index in [-0.39, 0.29) is 28.1 Å². The molecule has 8 heteroatoms.